The van der Waals surface area contributed by atoms with Gasteiger partial charge in [0.1, 0.15) is 0 Å². The number of carbonyl (C=O) groups excluding carboxylic acids is 1. The van der Waals surface area contributed by atoms with Crippen molar-refractivity contribution in [1.29, 1.82) is 5.26 Å². The van der Waals surface area contributed by atoms with Gasteiger partial charge >= 0.3 is 5.97 Å². The van der Waals surface area contributed by atoms with Gasteiger partial charge in [-0.3, -0.25) is 9.59 Å². The van der Waals surface area contributed by atoms with E-state index >= 15 is 0 Å². The predicted octanol–water partition coefficient (Wildman–Crippen LogP) is 2.55. The largest absolute Gasteiger partial charge is 0.465 e. The van der Waals surface area contributed by atoms with Crippen LogP contribution in [0, 0.1) is 11.3 Å². The van der Waals surface area contributed by atoms with Gasteiger partial charge in [-0.05, 0) is 42.8 Å². The molecular weight excluding hydrogens is 454 g/mol. The minimum Gasteiger partial charge on any atom is -0.465 e. The molecule has 0 unspecified atom stereocenters. The molecule has 0 N–H and O–H groups in total. The van der Waals surface area contributed by atoms with Crippen molar-refractivity contribution in [1.82, 2.24) is 19.6 Å². The molecule has 2 heterocycles. The number of nitriles is 1. The molecule has 0 radical (unpaired) electrons. The number of aromatic nitrogens is 2. The third-order valence-electron chi connectivity index (χ3n) is 6.30. The van der Waals surface area contributed by atoms with Crippen LogP contribution >= 0.6 is 0 Å². The Bertz CT molecular complexity index is 1290. The summed E-state index contributed by atoms with van der Waals surface area (Å²) >= 11 is 0. The Morgan fingerprint density at radius 3 is 2.61 bits per heavy atom. The Balaban J connectivity index is 1.32. The minimum atomic E-state index is -0.250. The van der Waals surface area contributed by atoms with Crippen molar-refractivity contribution >= 4 is 5.97 Å². The topological polar surface area (TPSA) is 91.5 Å². The molecule has 0 saturated carbocycles. The Morgan fingerprint density at radius 1 is 1.03 bits per heavy atom. The van der Waals surface area contributed by atoms with Crippen molar-refractivity contribution in [2.45, 2.75) is 19.4 Å². The highest BCUT2D eigenvalue weighted by Crippen LogP contribution is 2.17. The number of ether oxygens (including phenoxy) is 1. The van der Waals surface area contributed by atoms with E-state index in [1.54, 1.807) is 24.3 Å². The molecule has 0 bridgehead atoms. The molecule has 186 valence electrons. The molecule has 0 spiro atoms. The SMILES string of the molecule is CN1CCN(CCCOC(=O)Cc2cccc(Cn3nc(-c4cccc(C#N)c4)ccc3=O)c2)CC1. The number of nitrogens with zero attached hydrogens (tertiary/aromatic N) is 5. The lowest BCUT2D eigenvalue weighted by Gasteiger charge is -2.32. The first-order valence-corrected chi connectivity index (χ1v) is 12.2. The summed E-state index contributed by atoms with van der Waals surface area (Å²) in [5.74, 6) is -0.250. The van der Waals surface area contributed by atoms with E-state index in [2.05, 4.69) is 28.0 Å². The highest BCUT2D eigenvalue weighted by Gasteiger charge is 2.13. The Kier molecular flexibility index (Phi) is 8.61. The quantitative estimate of drug-likeness (QED) is 0.340. The van der Waals surface area contributed by atoms with Crippen molar-refractivity contribution in [3.8, 4) is 17.3 Å². The van der Waals surface area contributed by atoms with E-state index in [-0.39, 0.29) is 24.5 Å². The molecule has 1 aromatic heterocycles. The van der Waals surface area contributed by atoms with E-state index in [1.165, 1.54) is 10.7 Å². The zero-order chi connectivity index (χ0) is 25.3. The fourth-order valence-electron chi connectivity index (χ4n) is 4.24. The van der Waals surface area contributed by atoms with Crippen LogP contribution in [0.25, 0.3) is 11.3 Å². The van der Waals surface area contributed by atoms with Crippen LogP contribution in [0.2, 0.25) is 0 Å². The number of rotatable bonds is 9. The maximum Gasteiger partial charge on any atom is 0.310 e. The number of hydrogen-bond acceptors (Lipinski definition) is 7. The lowest BCUT2D eigenvalue weighted by molar-refractivity contribution is -0.143. The molecule has 8 heteroatoms. The second-order valence-corrected chi connectivity index (χ2v) is 9.12. The van der Waals surface area contributed by atoms with Gasteiger partial charge in [0.25, 0.3) is 5.56 Å². The third kappa shape index (κ3) is 7.11. The summed E-state index contributed by atoms with van der Waals surface area (Å²) in [6.45, 7) is 5.92. The summed E-state index contributed by atoms with van der Waals surface area (Å²) in [5.41, 5.74) is 3.40. The highest BCUT2D eigenvalue weighted by atomic mass is 16.5. The lowest BCUT2D eigenvalue weighted by Crippen LogP contribution is -2.44. The number of piperazine rings is 1. The zero-order valence-electron chi connectivity index (χ0n) is 20.6. The minimum absolute atomic E-state index is 0.186. The van der Waals surface area contributed by atoms with Gasteiger partial charge in [0.15, 0.2) is 0 Å². The summed E-state index contributed by atoms with van der Waals surface area (Å²) in [6, 6.07) is 19.9. The zero-order valence-corrected chi connectivity index (χ0v) is 20.6. The van der Waals surface area contributed by atoms with Crippen molar-refractivity contribution in [2.75, 3.05) is 46.4 Å². The summed E-state index contributed by atoms with van der Waals surface area (Å²) in [6.07, 6.45) is 1.02. The summed E-state index contributed by atoms with van der Waals surface area (Å²) in [7, 11) is 2.14. The fourth-order valence-corrected chi connectivity index (χ4v) is 4.24. The van der Waals surface area contributed by atoms with E-state index < -0.39 is 0 Å². The molecule has 2 aromatic carbocycles. The number of likely N-dealkylation sites (N-methyl/N-ethyl adjacent to an activating group) is 1. The van der Waals surface area contributed by atoms with E-state index in [9.17, 15) is 9.59 Å². The average Bonchev–Trinajstić information content (AvgIpc) is 2.89. The van der Waals surface area contributed by atoms with Crippen molar-refractivity contribution in [3.63, 3.8) is 0 Å². The van der Waals surface area contributed by atoms with Crippen LogP contribution < -0.4 is 5.56 Å². The van der Waals surface area contributed by atoms with E-state index in [4.69, 9.17) is 10.00 Å². The van der Waals surface area contributed by atoms with Gasteiger partial charge < -0.3 is 14.5 Å². The van der Waals surface area contributed by atoms with Crippen LogP contribution in [0.3, 0.4) is 0 Å². The van der Waals surface area contributed by atoms with E-state index in [1.807, 2.05) is 30.3 Å². The van der Waals surface area contributed by atoms with Crippen molar-refractivity contribution in [2.24, 2.45) is 0 Å². The predicted molar refractivity (Wildman–Crippen MR) is 137 cm³/mol. The summed E-state index contributed by atoms with van der Waals surface area (Å²) in [4.78, 5) is 29.5. The van der Waals surface area contributed by atoms with Crippen LogP contribution in [0.4, 0.5) is 0 Å². The maximum absolute atomic E-state index is 12.4. The second kappa shape index (κ2) is 12.2. The first kappa shape index (κ1) is 25.3. The molecule has 0 atom stereocenters. The third-order valence-corrected chi connectivity index (χ3v) is 6.30. The molecule has 1 aliphatic rings. The molecule has 0 amide bonds. The number of hydrogen-bond donors (Lipinski definition) is 0. The first-order chi connectivity index (χ1) is 17.5. The van der Waals surface area contributed by atoms with Gasteiger partial charge in [-0.1, -0.05) is 36.4 Å². The average molecular weight is 486 g/mol. The molecule has 0 aliphatic carbocycles. The Morgan fingerprint density at radius 2 is 1.81 bits per heavy atom. The monoisotopic (exact) mass is 485 g/mol. The lowest BCUT2D eigenvalue weighted by atomic mass is 10.1. The van der Waals surface area contributed by atoms with Crippen molar-refractivity contribution in [3.05, 3.63) is 87.7 Å². The van der Waals surface area contributed by atoms with Gasteiger partial charge in [0.2, 0.25) is 0 Å². The van der Waals surface area contributed by atoms with Gasteiger partial charge in [0.05, 0.1) is 36.9 Å². The highest BCUT2D eigenvalue weighted by molar-refractivity contribution is 5.72. The van der Waals surface area contributed by atoms with Crippen LogP contribution in [-0.2, 0) is 22.5 Å². The standard InChI is InChI=1S/C28H31N5O3/c1-31-12-14-32(15-13-31)11-4-16-36-28(35)19-22-5-2-7-24(17-22)21-33-27(34)10-9-26(30-33)25-8-3-6-23(18-25)20-29/h2-3,5-10,17-18H,4,11-16,19,21H2,1H3. The molecule has 3 aromatic rings. The summed E-state index contributed by atoms with van der Waals surface area (Å²) in [5, 5.41) is 13.6. The number of esters is 1. The molecule has 1 fully saturated rings. The van der Waals surface area contributed by atoms with Gasteiger partial charge in [-0.15, -0.1) is 0 Å². The fraction of sp³-hybridized carbons (Fsp3) is 0.357. The van der Waals surface area contributed by atoms with Crippen LogP contribution in [0.5, 0.6) is 0 Å². The van der Waals surface area contributed by atoms with Crippen LogP contribution in [0.15, 0.2) is 65.5 Å². The molecule has 4 rings (SSSR count). The first-order valence-electron chi connectivity index (χ1n) is 12.2. The van der Waals surface area contributed by atoms with Gasteiger partial charge in [-0.25, -0.2) is 4.68 Å². The summed E-state index contributed by atoms with van der Waals surface area (Å²) < 4.78 is 6.85. The molecule has 1 saturated heterocycles. The van der Waals surface area contributed by atoms with Gasteiger partial charge in [0, 0.05) is 44.4 Å². The maximum atomic E-state index is 12.4. The van der Waals surface area contributed by atoms with Crippen LogP contribution in [0.1, 0.15) is 23.1 Å². The van der Waals surface area contributed by atoms with E-state index in [0.717, 1.165) is 55.8 Å². The molecular formula is C28H31N5O3. The Labute approximate surface area is 211 Å². The van der Waals surface area contributed by atoms with Crippen molar-refractivity contribution < 1.29 is 9.53 Å². The van der Waals surface area contributed by atoms with Crippen LogP contribution in [-0.4, -0.2) is 71.9 Å². The second-order valence-electron chi connectivity index (χ2n) is 9.12. The number of carbonyl (C=O) groups is 1. The molecule has 8 nitrogen and oxygen atoms in total. The molecule has 36 heavy (non-hydrogen) atoms. The Hall–Kier alpha value is -3.80. The smallest absolute Gasteiger partial charge is 0.310 e. The molecule has 1 aliphatic heterocycles. The van der Waals surface area contributed by atoms with E-state index in [0.29, 0.717) is 17.9 Å². The van der Waals surface area contributed by atoms with Gasteiger partial charge in [-0.2, -0.15) is 10.4 Å². The normalized spacial score (nSPS) is 14.3. The number of benzene rings is 2.